The molecule has 0 aromatic heterocycles. The van der Waals surface area contributed by atoms with Gasteiger partial charge in [-0.3, -0.25) is 5.32 Å². The molecule has 0 unspecified atom stereocenters. The first-order valence-corrected chi connectivity index (χ1v) is 9.60. The summed E-state index contributed by atoms with van der Waals surface area (Å²) < 4.78 is 15.7. The Morgan fingerprint density at radius 3 is 2.43 bits per heavy atom. The fraction of sp³-hybridized carbons (Fsp3) is 0.333. The molecule has 0 atom stereocenters. The summed E-state index contributed by atoms with van der Waals surface area (Å²) in [7, 11) is 1.32. The first-order valence-electron chi connectivity index (χ1n) is 9.20. The van der Waals surface area contributed by atoms with Gasteiger partial charge in [-0.15, -0.1) is 0 Å². The van der Waals surface area contributed by atoms with Gasteiger partial charge in [0.15, 0.2) is 0 Å². The van der Waals surface area contributed by atoms with Crippen LogP contribution in [-0.4, -0.2) is 38.1 Å². The minimum atomic E-state index is -0.499. The van der Waals surface area contributed by atoms with Crippen LogP contribution < -0.4 is 15.4 Å². The highest BCUT2D eigenvalue weighted by Gasteiger charge is 2.01. The Balaban J connectivity index is 1.49. The van der Waals surface area contributed by atoms with Gasteiger partial charge >= 0.3 is 6.09 Å². The molecule has 0 heterocycles. The molecule has 2 N–H and O–H groups in total. The highest BCUT2D eigenvalue weighted by molar-refractivity contribution is 7.80. The first-order chi connectivity index (χ1) is 13.7. The van der Waals surface area contributed by atoms with Crippen LogP contribution in [-0.2, 0) is 15.9 Å². The smallest absolute Gasteiger partial charge is 0.411 e. The van der Waals surface area contributed by atoms with E-state index in [4.69, 9.17) is 21.7 Å². The summed E-state index contributed by atoms with van der Waals surface area (Å²) in [5, 5.41) is 6.13. The van der Waals surface area contributed by atoms with E-state index in [9.17, 15) is 4.79 Å². The van der Waals surface area contributed by atoms with Gasteiger partial charge in [0.25, 0.3) is 5.17 Å². The van der Waals surface area contributed by atoms with Crippen molar-refractivity contribution in [2.45, 2.75) is 19.3 Å². The maximum absolute atomic E-state index is 11.1. The van der Waals surface area contributed by atoms with E-state index in [-0.39, 0.29) is 0 Å². The van der Waals surface area contributed by atoms with E-state index < -0.39 is 6.09 Å². The third kappa shape index (κ3) is 8.73. The molecule has 0 saturated heterocycles. The van der Waals surface area contributed by atoms with Crippen molar-refractivity contribution in [2.75, 3.05) is 32.2 Å². The molecule has 28 heavy (non-hydrogen) atoms. The van der Waals surface area contributed by atoms with Gasteiger partial charge in [-0.1, -0.05) is 30.3 Å². The predicted molar refractivity (Wildman–Crippen MR) is 114 cm³/mol. The number of unbranched alkanes of at least 4 members (excludes halogenated alkanes) is 1. The number of anilines is 1. The van der Waals surface area contributed by atoms with Gasteiger partial charge in [-0.25, -0.2) is 4.79 Å². The highest BCUT2D eigenvalue weighted by atomic mass is 32.1. The van der Waals surface area contributed by atoms with E-state index >= 15 is 0 Å². The van der Waals surface area contributed by atoms with Crippen molar-refractivity contribution < 1.29 is 19.0 Å². The zero-order valence-corrected chi connectivity index (χ0v) is 16.8. The van der Waals surface area contributed by atoms with E-state index in [1.165, 1.54) is 12.7 Å². The van der Waals surface area contributed by atoms with Gasteiger partial charge in [0, 0.05) is 12.2 Å². The standard InChI is InChI=1S/C21H26N2O4S/c1-25-20(24)23-18-9-11-19(12-10-18)26-15-5-6-16-27-21(28)22-14-13-17-7-3-2-4-8-17/h2-4,7-12H,5-6,13-16H2,1H3,(H,22,28)(H,23,24). The number of amides is 1. The number of benzene rings is 2. The molecule has 0 radical (unpaired) electrons. The van der Waals surface area contributed by atoms with Gasteiger partial charge in [-0.2, -0.15) is 0 Å². The van der Waals surface area contributed by atoms with Gasteiger partial charge in [0.2, 0.25) is 0 Å². The van der Waals surface area contributed by atoms with E-state index in [2.05, 4.69) is 27.5 Å². The summed E-state index contributed by atoms with van der Waals surface area (Å²) in [6.07, 6.45) is 2.12. The average molecular weight is 403 g/mol. The van der Waals surface area contributed by atoms with Crippen LogP contribution >= 0.6 is 12.2 Å². The number of hydrogen-bond donors (Lipinski definition) is 2. The molecular formula is C21H26N2O4S. The van der Waals surface area contributed by atoms with Crippen molar-refractivity contribution in [3.05, 3.63) is 60.2 Å². The lowest BCUT2D eigenvalue weighted by atomic mass is 10.2. The molecule has 0 saturated carbocycles. The van der Waals surface area contributed by atoms with E-state index in [1.54, 1.807) is 24.3 Å². The molecule has 0 bridgehead atoms. The number of hydrogen-bond acceptors (Lipinski definition) is 5. The lowest BCUT2D eigenvalue weighted by Gasteiger charge is -2.10. The summed E-state index contributed by atoms with van der Waals surface area (Å²) in [4.78, 5) is 11.1. The molecule has 0 aliphatic carbocycles. The minimum absolute atomic E-state index is 0.436. The lowest BCUT2D eigenvalue weighted by molar-refractivity contribution is 0.187. The van der Waals surface area contributed by atoms with Crippen LogP contribution in [0.5, 0.6) is 5.75 Å². The van der Waals surface area contributed by atoms with Gasteiger partial charge in [0.05, 0.1) is 20.3 Å². The molecule has 2 aromatic rings. The Bertz CT molecular complexity index is 723. The Morgan fingerprint density at radius 2 is 1.71 bits per heavy atom. The van der Waals surface area contributed by atoms with E-state index in [0.29, 0.717) is 24.1 Å². The molecule has 0 spiro atoms. The zero-order valence-electron chi connectivity index (χ0n) is 16.0. The molecule has 2 aromatic carbocycles. The van der Waals surface area contributed by atoms with Crippen LogP contribution in [0.25, 0.3) is 0 Å². The molecule has 2 rings (SSSR count). The number of thiocarbonyl (C=S) groups is 1. The molecule has 7 heteroatoms. The molecule has 1 amide bonds. The topological polar surface area (TPSA) is 68.8 Å². The van der Waals surface area contributed by atoms with Crippen molar-refractivity contribution in [1.29, 1.82) is 0 Å². The molecule has 6 nitrogen and oxygen atoms in total. The maximum atomic E-state index is 11.1. The molecule has 0 fully saturated rings. The zero-order chi connectivity index (χ0) is 20.0. The number of nitrogens with one attached hydrogen (secondary N) is 2. The second-order valence-corrected chi connectivity index (χ2v) is 6.37. The largest absolute Gasteiger partial charge is 0.494 e. The Kier molecular flexibility index (Phi) is 9.65. The molecular weight excluding hydrogens is 376 g/mol. The van der Waals surface area contributed by atoms with Gasteiger partial charge < -0.3 is 19.5 Å². The normalized spacial score (nSPS) is 10.0. The van der Waals surface area contributed by atoms with E-state index in [0.717, 1.165) is 31.6 Å². The van der Waals surface area contributed by atoms with E-state index in [1.807, 2.05) is 18.2 Å². The fourth-order valence-electron chi connectivity index (χ4n) is 2.37. The SMILES string of the molecule is COC(=O)Nc1ccc(OCCCCOC(=S)NCCc2ccccc2)cc1. The van der Waals surface area contributed by atoms with Crippen molar-refractivity contribution in [2.24, 2.45) is 0 Å². The molecule has 0 aliphatic rings. The number of carbonyl (C=O) groups excluding carboxylic acids is 1. The van der Waals surface area contributed by atoms with Crippen LogP contribution in [0.15, 0.2) is 54.6 Å². The lowest BCUT2D eigenvalue weighted by Crippen LogP contribution is -2.26. The average Bonchev–Trinajstić information content (AvgIpc) is 2.72. The maximum Gasteiger partial charge on any atom is 0.411 e. The summed E-state index contributed by atoms with van der Waals surface area (Å²) in [6, 6.07) is 17.4. The second-order valence-electron chi connectivity index (χ2n) is 5.99. The summed E-state index contributed by atoms with van der Waals surface area (Å²) in [5.41, 5.74) is 1.92. The van der Waals surface area contributed by atoms with Gasteiger partial charge in [0.1, 0.15) is 5.75 Å². The molecule has 150 valence electrons. The monoisotopic (exact) mass is 402 g/mol. The molecule has 0 aliphatic heterocycles. The summed E-state index contributed by atoms with van der Waals surface area (Å²) in [6.45, 7) is 1.90. The van der Waals surface area contributed by atoms with Crippen LogP contribution in [0.4, 0.5) is 10.5 Å². The van der Waals surface area contributed by atoms with Crippen LogP contribution in [0.3, 0.4) is 0 Å². The number of rotatable bonds is 10. The fourth-order valence-corrected chi connectivity index (χ4v) is 2.55. The Labute approximate surface area is 171 Å². The third-order valence-electron chi connectivity index (χ3n) is 3.85. The van der Waals surface area contributed by atoms with Crippen LogP contribution in [0.2, 0.25) is 0 Å². The highest BCUT2D eigenvalue weighted by Crippen LogP contribution is 2.16. The Morgan fingerprint density at radius 1 is 1.00 bits per heavy atom. The van der Waals surface area contributed by atoms with Crippen molar-refractivity contribution in [3.8, 4) is 5.75 Å². The van der Waals surface area contributed by atoms with Crippen molar-refractivity contribution in [1.82, 2.24) is 5.32 Å². The minimum Gasteiger partial charge on any atom is -0.494 e. The Hall–Kier alpha value is -2.80. The number of ether oxygens (including phenoxy) is 3. The predicted octanol–water partition coefficient (Wildman–Crippen LogP) is 4.16. The second kappa shape index (κ2) is 12.6. The first kappa shape index (κ1) is 21.5. The summed E-state index contributed by atoms with van der Waals surface area (Å²) >= 11 is 5.17. The van der Waals surface area contributed by atoms with Crippen molar-refractivity contribution in [3.63, 3.8) is 0 Å². The quantitative estimate of drug-likeness (QED) is 0.459. The van der Waals surface area contributed by atoms with Crippen LogP contribution in [0, 0.1) is 0 Å². The third-order valence-corrected chi connectivity index (χ3v) is 4.11. The van der Waals surface area contributed by atoms with Gasteiger partial charge in [-0.05, 0) is 61.3 Å². The van der Waals surface area contributed by atoms with Crippen LogP contribution in [0.1, 0.15) is 18.4 Å². The number of carbonyl (C=O) groups is 1. The van der Waals surface area contributed by atoms with Crippen molar-refractivity contribution >= 4 is 29.2 Å². The number of methoxy groups -OCH3 is 1. The summed E-state index contributed by atoms with van der Waals surface area (Å²) in [5.74, 6) is 0.745.